The van der Waals surface area contributed by atoms with Gasteiger partial charge in [-0.3, -0.25) is 18.1 Å². The summed E-state index contributed by atoms with van der Waals surface area (Å²) in [4.78, 5) is 0. The molecule has 0 aromatic carbocycles. The van der Waals surface area contributed by atoms with E-state index in [0.29, 0.717) is 39.5 Å². The fourth-order valence-corrected chi connectivity index (χ4v) is 5.11. The summed E-state index contributed by atoms with van der Waals surface area (Å²) in [6.45, 7) is 10.9. The minimum atomic E-state index is -3.27. The summed E-state index contributed by atoms with van der Waals surface area (Å²) in [5.41, 5.74) is 0. The van der Waals surface area contributed by atoms with Gasteiger partial charge in [0.25, 0.3) is 0 Å². The van der Waals surface area contributed by atoms with Gasteiger partial charge in [-0.1, -0.05) is 53.4 Å². The fraction of sp³-hybridized carbons (Fsp3) is 1.00. The monoisotopic (exact) mass is 472 g/mol. The van der Waals surface area contributed by atoms with Gasteiger partial charge < -0.3 is 0 Å². The zero-order valence-corrected chi connectivity index (χ0v) is 21.4. The third kappa shape index (κ3) is 16.9. The molecule has 30 heavy (non-hydrogen) atoms. The van der Waals surface area contributed by atoms with Crippen molar-refractivity contribution in [2.24, 2.45) is 0 Å². The molecule has 0 aliphatic heterocycles. The molecule has 0 amide bonds. The van der Waals surface area contributed by atoms with Gasteiger partial charge in [-0.15, -0.1) is 0 Å². The van der Waals surface area contributed by atoms with Gasteiger partial charge in [0.05, 0.1) is 26.4 Å². The first-order valence-corrected chi connectivity index (χ1v) is 14.8. The Balaban J connectivity index is 4.30. The lowest BCUT2D eigenvalue weighted by Crippen LogP contribution is -2.20. The van der Waals surface area contributed by atoms with Gasteiger partial charge in [0.2, 0.25) is 0 Å². The van der Waals surface area contributed by atoms with Crippen LogP contribution in [0.2, 0.25) is 0 Å². The van der Waals surface area contributed by atoms with Gasteiger partial charge in [-0.05, 0) is 38.5 Å². The summed E-state index contributed by atoms with van der Waals surface area (Å²) in [5.74, 6) is 0. The summed E-state index contributed by atoms with van der Waals surface area (Å²) in [5, 5.41) is 5.89. The molecule has 0 atom stereocenters. The molecule has 182 valence electrons. The Kier molecular flexibility index (Phi) is 20.0. The Bertz CT molecular complexity index is 412. The number of hydrogen-bond donors (Lipinski definition) is 2. The van der Waals surface area contributed by atoms with Crippen molar-refractivity contribution < 1.29 is 27.2 Å². The molecule has 8 nitrogen and oxygen atoms in total. The van der Waals surface area contributed by atoms with Crippen LogP contribution in [-0.2, 0) is 27.2 Å². The van der Waals surface area contributed by atoms with Crippen molar-refractivity contribution in [2.45, 2.75) is 91.9 Å². The second-order valence-electron chi connectivity index (χ2n) is 7.27. The van der Waals surface area contributed by atoms with Crippen LogP contribution in [0.15, 0.2) is 0 Å². The van der Waals surface area contributed by atoms with Gasteiger partial charge in [0.1, 0.15) is 0 Å². The molecule has 0 spiro atoms. The van der Waals surface area contributed by atoms with Crippen molar-refractivity contribution in [3.63, 3.8) is 0 Å². The molecule has 0 aliphatic carbocycles. The minimum Gasteiger partial charge on any atom is -0.297 e. The van der Waals surface area contributed by atoms with Crippen LogP contribution < -0.4 is 10.2 Å². The lowest BCUT2D eigenvalue weighted by atomic mass is 10.3. The summed E-state index contributed by atoms with van der Waals surface area (Å²) in [6.07, 6.45) is 8.74. The molecule has 0 bridgehead atoms. The van der Waals surface area contributed by atoms with Crippen LogP contribution in [0.5, 0.6) is 0 Å². The standard InChI is InChI=1S/C20H46N2O6P2/c1-5-9-17-25-29(23,26-18-10-6-2)21-15-13-14-16-22-30(24,27-19-11-7-3)28-20-12-8-4/h5-20H2,1-4H3,(H,21,23)(H,22,24). The highest BCUT2D eigenvalue weighted by Crippen LogP contribution is 2.45. The Morgan fingerprint density at radius 3 is 1.00 bits per heavy atom. The van der Waals surface area contributed by atoms with Crippen LogP contribution in [0.3, 0.4) is 0 Å². The third-order valence-corrected chi connectivity index (χ3v) is 7.56. The van der Waals surface area contributed by atoms with E-state index in [4.69, 9.17) is 18.1 Å². The highest BCUT2D eigenvalue weighted by Gasteiger charge is 2.25. The Labute approximate surface area is 184 Å². The second-order valence-corrected chi connectivity index (χ2v) is 10.9. The largest absolute Gasteiger partial charge is 0.405 e. The second kappa shape index (κ2) is 19.9. The topological polar surface area (TPSA) is 95.1 Å². The zero-order chi connectivity index (χ0) is 22.6. The van der Waals surface area contributed by atoms with E-state index < -0.39 is 15.5 Å². The van der Waals surface area contributed by atoms with E-state index in [1.165, 1.54) is 0 Å². The maximum Gasteiger partial charge on any atom is 0.405 e. The predicted molar refractivity (Wildman–Crippen MR) is 124 cm³/mol. The summed E-state index contributed by atoms with van der Waals surface area (Å²) >= 11 is 0. The van der Waals surface area contributed by atoms with Crippen molar-refractivity contribution >= 4 is 15.5 Å². The van der Waals surface area contributed by atoms with E-state index in [-0.39, 0.29) is 0 Å². The average Bonchev–Trinajstić information content (AvgIpc) is 2.72. The van der Waals surface area contributed by atoms with Crippen LogP contribution in [0.1, 0.15) is 91.9 Å². The molecule has 2 N–H and O–H groups in total. The normalized spacial score (nSPS) is 12.5. The predicted octanol–water partition coefficient (Wildman–Crippen LogP) is 6.43. The molecule has 0 fully saturated rings. The fourth-order valence-electron chi connectivity index (χ4n) is 2.26. The van der Waals surface area contributed by atoms with E-state index in [0.717, 1.165) is 64.2 Å². The molecule has 0 aliphatic rings. The van der Waals surface area contributed by atoms with Gasteiger partial charge in [-0.2, -0.15) is 0 Å². The number of nitrogens with one attached hydrogen (secondary N) is 2. The minimum absolute atomic E-state index is 0.418. The molecule has 0 saturated carbocycles. The van der Waals surface area contributed by atoms with E-state index in [1.807, 2.05) is 0 Å². The van der Waals surface area contributed by atoms with Crippen LogP contribution in [0.4, 0.5) is 0 Å². The maximum absolute atomic E-state index is 12.8. The Hall–Kier alpha value is 0.220. The molecule has 0 rings (SSSR count). The third-order valence-electron chi connectivity index (χ3n) is 4.25. The van der Waals surface area contributed by atoms with E-state index >= 15 is 0 Å². The van der Waals surface area contributed by atoms with Gasteiger partial charge in [0.15, 0.2) is 0 Å². The average molecular weight is 473 g/mol. The van der Waals surface area contributed by atoms with Gasteiger partial charge >= 0.3 is 15.5 Å². The number of unbranched alkanes of at least 4 members (excludes halogenated alkanes) is 5. The van der Waals surface area contributed by atoms with Crippen LogP contribution in [-0.4, -0.2) is 39.5 Å². The van der Waals surface area contributed by atoms with Crippen LogP contribution in [0, 0.1) is 0 Å². The molecule has 0 aromatic heterocycles. The number of hydrogen-bond acceptors (Lipinski definition) is 6. The Morgan fingerprint density at radius 1 is 0.500 bits per heavy atom. The first-order valence-electron chi connectivity index (χ1n) is 11.7. The van der Waals surface area contributed by atoms with Crippen molar-refractivity contribution in [1.29, 1.82) is 0 Å². The quantitative estimate of drug-likeness (QED) is 0.130. The zero-order valence-electron chi connectivity index (χ0n) is 19.7. The highest BCUT2D eigenvalue weighted by molar-refractivity contribution is 7.51. The van der Waals surface area contributed by atoms with Gasteiger partial charge in [-0.25, -0.2) is 19.3 Å². The van der Waals surface area contributed by atoms with Crippen LogP contribution in [0.25, 0.3) is 0 Å². The van der Waals surface area contributed by atoms with Crippen molar-refractivity contribution in [3.05, 3.63) is 0 Å². The smallest absolute Gasteiger partial charge is 0.297 e. The summed E-state index contributed by atoms with van der Waals surface area (Å²) in [7, 11) is -6.54. The van der Waals surface area contributed by atoms with Gasteiger partial charge in [0, 0.05) is 13.1 Å². The highest BCUT2D eigenvalue weighted by atomic mass is 31.2. The maximum atomic E-state index is 12.8. The Morgan fingerprint density at radius 2 is 0.767 bits per heavy atom. The molecule has 0 aromatic rings. The molecular weight excluding hydrogens is 426 g/mol. The van der Waals surface area contributed by atoms with Crippen molar-refractivity contribution in [3.8, 4) is 0 Å². The first kappa shape index (κ1) is 30.2. The summed E-state index contributed by atoms with van der Waals surface area (Å²) < 4.78 is 47.6. The molecule has 10 heteroatoms. The van der Waals surface area contributed by atoms with Crippen LogP contribution >= 0.6 is 15.5 Å². The summed E-state index contributed by atoms with van der Waals surface area (Å²) in [6, 6.07) is 0. The molecule has 0 unspecified atom stereocenters. The number of rotatable bonds is 23. The molecule has 0 saturated heterocycles. The van der Waals surface area contributed by atoms with Crippen molar-refractivity contribution in [1.82, 2.24) is 10.2 Å². The lowest BCUT2D eigenvalue weighted by Gasteiger charge is -2.20. The molecule has 0 heterocycles. The SMILES string of the molecule is CCCCOP(=O)(NCCCCNP(=O)(OCCCC)OCCCC)OCCCC. The van der Waals surface area contributed by atoms with E-state index in [2.05, 4.69) is 37.9 Å². The van der Waals surface area contributed by atoms with E-state index in [1.54, 1.807) is 0 Å². The lowest BCUT2D eigenvalue weighted by molar-refractivity contribution is 0.189. The molecule has 0 radical (unpaired) electrons. The van der Waals surface area contributed by atoms with Crippen molar-refractivity contribution in [2.75, 3.05) is 39.5 Å². The van der Waals surface area contributed by atoms with E-state index in [9.17, 15) is 9.13 Å². The first-order chi connectivity index (χ1) is 14.4. The molecular formula is C20H46N2O6P2.